The van der Waals surface area contributed by atoms with Gasteiger partial charge in [0.05, 0.1) is 36.2 Å². The Morgan fingerprint density at radius 2 is 1.59 bits per heavy atom. The van der Waals surface area contributed by atoms with Crippen molar-refractivity contribution in [1.29, 1.82) is 0 Å². The first-order valence-corrected chi connectivity index (χ1v) is 7.84. The minimum atomic E-state index is -0.573. The Balaban J connectivity index is 2.03. The van der Waals surface area contributed by atoms with E-state index in [9.17, 15) is 10.1 Å². The molecule has 4 rings (SSSR count). The van der Waals surface area contributed by atoms with Gasteiger partial charge >= 0.3 is 0 Å². The molecule has 10 heteroatoms. The molecule has 3 heterocycles. The first-order chi connectivity index (χ1) is 13.1. The van der Waals surface area contributed by atoms with Gasteiger partial charge in [0, 0.05) is 12.1 Å². The number of nitro groups is 1. The molecule has 0 unspecified atom stereocenters. The van der Waals surface area contributed by atoms with Gasteiger partial charge in [0.1, 0.15) is 12.7 Å². The molecule has 1 aliphatic heterocycles. The van der Waals surface area contributed by atoms with Crippen LogP contribution in [0.3, 0.4) is 0 Å². The fourth-order valence-electron chi connectivity index (χ4n) is 3.10. The summed E-state index contributed by atoms with van der Waals surface area (Å²) in [6.45, 7) is 0. The number of hydrogen-bond acceptors (Lipinski definition) is 9. The molecule has 0 bridgehead atoms. The molecule has 0 atom stereocenters. The maximum Gasteiger partial charge on any atom is 0.269 e. The number of ether oxygens (including phenoxy) is 3. The zero-order valence-corrected chi connectivity index (χ0v) is 14.3. The first-order valence-electron chi connectivity index (χ1n) is 7.84. The molecule has 10 nitrogen and oxygen atoms in total. The number of benzene rings is 1. The molecule has 0 spiro atoms. The van der Waals surface area contributed by atoms with Crippen molar-refractivity contribution in [3.63, 3.8) is 0 Å². The summed E-state index contributed by atoms with van der Waals surface area (Å²) in [7, 11) is 2.95. The average Bonchev–Trinajstić information content (AvgIpc) is 2.71. The number of nitro benzene ring substituents is 1. The van der Waals surface area contributed by atoms with E-state index in [1.807, 2.05) is 0 Å². The highest BCUT2D eigenvalue weighted by Gasteiger charge is 2.38. The second-order valence-electron chi connectivity index (χ2n) is 5.59. The van der Waals surface area contributed by atoms with Gasteiger partial charge in [-0.2, -0.15) is 0 Å². The lowest BCUT2D eigenvalue weighted by molar-refractivity contribution is -0.384. The SMILES string of the molecule is COc1ncnc2c1C(c1cccc([N+](=O)[O-])c1)c1c(OC)ncnc1O2. The summed E-state index contributed by atoms with van der Waals surface area (Å²) in [5.41, 5.74) is 1.59. The summed E-state index contributed by atoms with van der Waals surface area (Å²) in [4.78, 5) is 27.4. The van der Waals surface area contributed by atoms with Crippen molar-refractivity contribution in [2.24, 2.45) is 0 Å². The summed E-state index contributed by atoms with van der Waals surface area (Å²) >= 11 is 0. The van der Waals surface area contributed by atoms with E-state index in [0.717, 1.165) is 0 Å². The van der Waals surface area contributed by atoms with E-state index in [4.69, 9.17) is 14.2 Å². The predicted octanol–water partition coefficient (Wildman–Crippen LogP) is 2.48. The Morgan fingerprint density at radius 1 is 1.00 bits per heavy atom. The minimum absolute atomic E-state index is 0.0475. The van der Waals surface area contributed by atoms with Gasteiger partial charge in [-0.3, -0.25) is 10.1 Å². The van der Waals surface area contributed by atoms with E-state index in [-0.39, 0.29) is 29.2 Å². The highest BCUT2D eigenvalue weighted by atomic mass is 16.6. The van der Waals surface area contributed by atoms with Gasteiger partial charge in [-0.05, 0) is 5.56 Å². The molecule has 1 aliphatic rings. The van der Waals surface area contributed by atoms with Crippen molar-refractivity contribution in [2.75, 3.05) is 14.2 Å². The molecule has 0 radical (unpaired) electrons. The molecule has 0 amide bonds. The summed E-state index contributed by atoms with van der Waals surface area (Å²) in [6, 6.07) is 6.26. The number of methoxy groups -OCH3 is 2. The quantitative estimate of drug-likeness (QED) is 0.395. The molecule has 27 heavy (non-hydrogen) atoms. The maximum absolute atomic E-state index is 11.3. The fourth-order valence-corrected chi connectivity index (χ4v) is 3.10. The van der Waals surface area contributed by atoms with Gasteiger partial charge in [-0.25, -0.2) is 19.9 Å². The molecule has 0 N–H and O–H groups in total. The molecule has 3 aromatic rings. The average molecular weight is 367 g/mol. The van der Waals surface area contributed by atoms with Crippen molar-refractivity contribution >= 4 is 5.69 Å². The van der Waals surface area contributed by atoms with Crippen molar-refractivity contribution in [3.8, 4) is 23.5 Å². The van der Waals surface area contributed by atoms with Crippen LogP contribution >= 0.6 is 0 Å². The Morgan fingerprint density at radius 3 is 2.11 bits per heavy atom. The molecule has 0 saturated carbocycles. The van der Waals surface area contributed by atoms with Gasteiger partial charge in [-0.1, -0.05) is 12.1 Å². The highest BCUT2D eigenvalue weighted by Crippen LogP contribution is 2.51. The van der Waals surface area contributed by atoms with E-state index in [1.54, 1.807) is 12.1 Å². The summed E-state index contributed by atoms with van der Waals surface area (Å²) in [5, 5.41) is 11.3. The number of rotatable bonds is 4. The fraction of sp³-hybridized carbons (Fsp3) is 0.176. The van der Waals surface area contributed by atoms with E-state index in [2.05, 4.69) is 19.9 Å². The normalized spacial score (nSPS) is 12.5. The Kier molecular flexibility index (Phi) is 3.99. The lowest BCUT2D eigenvalue weighted by Gasteiger charge is -2.28. The monoisotopic (exact) mass is 367 g/mol. The second kappa shape index (κ2) is 6.48. The van der Waals surface area contributed by atoms with Gasteiger partial charge < -0.3 is 14.2 Å². The molecular formula is C17H13N5O5. The minimum Gasteiger partial charge on any atom is -0.481 e. The van der Waals surface area contributed by atoms with Crippen LogP contribution in [0.25, 0.3) is 0 Å². The highest BCUT2D eigenvalue weighted by molar-refractivity contribution is 5.60. The third-order valence-corrected chi connectivity index (χ3v) is 4.19. The van der Waals surface area contributed by atoms with Crippen molar-refractivity contribution in [2.45, 2.75) is 5.92 Å². The van der Waals surface area contributed by atoms with Crippen LogP contribution in [0.5, 0.6) is 23.5 Å². The van der Waals surface area contributed by atoms with Crippen LogP contribution in [0.1, 0.15) is 22.6 Å². The van der Waals surface area contributed by atoms with Crippen LogP contribution in [0, 0.1) is 10.1 Å². The predicted molar refractivity (Wildman–Crippen MR) is 91.3 cm³/mol. The topological polar surface area (TPSA) is 122 Å². The lowest BCUT2D eigenvalue weighted by Crippen LogP contribution is -2.17. The Labute approximate surface area is 153 Å². The molecule has 0 fully saturated rings. The zero-order chi connectivity index (χ0) is 19.0. The molecule has 2 aromatic heterocycles. The number of aromatic nitrogens is 4. The molecule has 0 aliphatic carbocycles. The lowest BCUT2D eigenvalue weighted by atomic mass is 9.85. The summed E-state index contributed by atoms with van der Waals surface area (Å²) in [6.07, 6.45) is 2.62. The molecule has 1 aromatic carbocycles. The van der Waals surface area contributed by atoms with Crippen molar-refractivity contribution < 1.29 is 19.1 Å². The number of nitrogens with zero attached hydrogens (tertiary/aromatic N) is 5. The summed E-state index contributed by atoms with van der Waals surface area (Å²) in [5.74, 6) is 0.510. The Hall–Kier alpha value is -3.82. The van der Waals surface area contributed by atoms with E-state index >= 15 is 0 Å². The van der Waals surface area contributed by atoms with E-state index in [1.165, 1.54) is 39.0 Å². The van der Waals surface area contributed by atoms with Crippen LogP contribution in [0.4, 0.5) is 5.69 Å². The van der Waals surface area contributed by atoms with Gasteiger partial charge in [0.2, 0.25) is 23.5 Å². The van der Waals surface area contributed by atoms with Crippen LogP contribution in [-0.4, -0.2) is 39.1 Å². The third-order valence-electron chi connectivity index (χ3n) is 4.19. The smallest absolute Gasteiger partial charge is 0.269 e. The number of hydrogen-bond donors (Lipinski definition) is 0. The van der Waals surface area contributed by atoms with Gasteiger partial charge in [-0.15, -0.1) is 0 Å². The number of fused-ring (bicyclic) bond motifs is 2. The van der Waals surface area contributed by atoms with E-state index < -0.39 is 10.8 Å². The van der Waals surface area contributed by atoms with Crippen molar-refractivity contribution in [3.05, 3.63) is 63.7 Å². The standard InChI is InChI=1S/C17H13N5O5/c1-25-14-12-11(9-4-3-5-10(6-9)22(23)24)13-15(26-2)19-8-21-17(13)27-16(12)20-7-18-14/h3-8,11H,1-2H3. The van der Waals surface area contributed by atoms with Crippen LogP contribution < -0.4 is 14.2 Å². The summed E-state index contributed by atoms with van der Waals surface area (Å²) < 4.78 is 16.6. The molecule has 0 saturated heterocycles. The zero-order valence-electron chi connectivity index (χ0n) is 14.3. The third kappa shape index (κ3) is 2.67. The maximum atomic E-state index is 11.3. The molecular weight excluding hydrogens is 354 g/mol. The van der Waals surface area contributed by atoms with Gasteiger partial charge in [0.25, 0.3) is 5.69 Å². The van der Waals surface area contributed by atoms with Crippen LogP contribution in [0.15, 0.2) is 36.9 Å². The first kappa shape index (κ1) is 16.6. The van der Waals surface area contributed by atoms with Gasteiger partial charge in [0.15, 0.2) is 0 Å². The molecule has 136 valence electrons. The van der Waals surface area contributed by atoms with Crippen LogP contribution in [-0.2, 0) is 0 Å². The number of non-ortho nitro benzene ring substituents is 1. The van der Waals surface area contributed by atoms with Crippen LogP contribution in [0.2, 0.25) is 0 Å². The van der Waals surface area contributed by atoms with Crippen molar-refractivity contribution in [1.82, 2.24) is 19.9 Å². The largest absolute Gasteiger partial charge is 0.481 e. The van der Waals surface area contributed by atoms with E-state index in [0.29, 0.717) is 16.7 Å². The second-order valence-corrected chi connectivity index (χ2v) is 5.59. The Bertz CT molecular complexity index is 988.